The minimum absolute atomic E-state index is 0.104. The first-order chi connectivity index (χ1) is 14.0. The average molecular weight is 394 g/mol. The van der Waals surface area contributed by atoms with Gasteiger partial charge in [-0.15, -0.1) is 0 Å². The fourth-order valence-electron chi connectivity index (χ4n) is 2.32. The Kier molecular flexibility index (Phi) is 8.25. The first kappa shape index (κ1) is 21.5. The molecule has 0 bridgehead atoms. The van der Waals surface area contributed by atoms with Crippen LogP contribution in [0.15, 0.2) is 71.4 Å². The third-order valence-corrected chi connectivity index (χ3v) is 3.86. The summed E-state index contributed by atoms with van der Waals surface area (Å²) in [6.07, 6.45) is 2.94. The first-order valence-corrected chi connectivity index (χ1v) is 9.03. The summed E-state index contributed by atoms with van der Waals surface area (Å²) in [5.41, 5.74) is 1.98. The molecule has 2 rings (SSSR count). The van der Waals surface area contributed by atoms with E-state index in [9.17, 15) is 14.4 Å². The lowest BCUT2D eigenvalue weighted by Gasteiger charge is -2.06. The van der Waals surface area contributed by atoms with Gasteiger partial charge in [-0.3, -0.25) is 9.59 Å². The number of nitrogens with zero attached hydrogens (tertiary/aromatic N) is 2. The van der Waals surface area contributed by atoms with E-state index in [0.717, 1.165) is 0 Å². The van der Waals surface area contributed by atoms with E-state index in [-0.39, 0.29) is 17.4 Å². The van der Waals surface area contributed by atoms with Crippen LogP contribution < -0.4 is 10.6 Å². The third kappa shape index (κ3) is 7.76. The Labute approximate surface area is 168 Å². The fraction of sp³-hybridized carbons (Fsp3) is 0.190. The van der Waals surface area contributed by atoms with Crippen molar-refractivity contribution in [1.82, 2.24) is 5.32 Å². The van der Waals surface area contributed by atoms with Crippen LogP contribution in [0.2, 0.25) is 0 Å². The van der Waals surface area contributed by atoms with Gasteiger partial charge in [0, 0.05) is 18.7 Å². The van der Waals surface area contributed by atoms with E-state index >= 15 is 0 Å². The van der Waals surface area contributed by atoms with Crippen molar-refractivity contribution >= 4 is 34.8 Å². The topological polar surface area (TPSA) is 120 Å². The van der Waals surface area contributed by atoms with Gasteiger partial charge in [0.25, 0.3) is 0 Å². The van der Waals surface area contributed by atoms with Crippen molar-refractivity contribution in [3.63, 3.8) is 0 Å². The maximum absolute atomic E-state index is 11.9. The van der Waals surface area contributed by atoms with E-state index in [1.165, 1.54) is 18.2 Å². The highest BCUT2D eigenvalue weighted by atomic mass is 16.4. The van der Waals surface area contributed by atoms with Gasteiger partial charge < -0.3 is 15.7 Å². The molecular weight excluding hydrogens is 372 g/mol. The molecule has 0 radical (unpaired) electrons. The number of anilines is 1. The molecule has 0 heterocycles. The number of aromatic carboxylic acids is 1. The van der Waals surface area contributed by atoms with Crippen LogP contribution in [0.3, 0.4) is 0 Å². The molecule has 3 N–H and O–H groups in total. The zero-order valence-electron chi connectivity index (χ0n) is 15.8. The molecule has 8 heteroatoms. The van der Waals surface area contributed by atoms with Gasteiger partial charge in [-0.25, -0.2) is 4.79 Å². The highest BCUT2D eigenvalue weighted by Gasteiger charge is 2.03. The molecule has 0 aliphatic rings. The zero-order chi connectivity index (χ0) is 21.1. The Balaban J connectivity index is 1.77. The molecule has 0 fully saturated rings. The summed E-state index contributed by atoms with van der Waals surface area (Å²) in [6.45, 7) is 3.88. The molecule has 29 heavy (non-hydrogen) atoms. The van der Waals surface area contributed by atoms with Crippen molar-refractivity contribution in [2.24, 2.45) is 10.2 Å². The lowest BCUT2D eigenvalue weighted by atomic mass is 10.2. The molecule has 0 unspecified atom stereocenters. The number of carboxylic acid groups (broad SMARTS) is 1. The Hall–Kier alpha value is -3.81. The molecule has 0 spiro atoms. The van der Waals surface area contributed by atoms with Crippen molar-refractivity contribution in [3.8, 4) is 0 Å². The van der Waals surface area contributed by atoms with Crippen LogP contribution >= 0.6 is 0 Å². The average Bonchev–Trinajstić information content (AvgIpc) is 2.73. The molecular formula is C21H22N4O4. The number of carboxylic acids is 1. The minimum atomic E-state index is -0.995. The summed E-state index contributed by atoms with van der Waals surface area (Å²) < 4.78 is 0. The van der Waals surface area contributed by atoms with Crippen LogP contribution in [-0.4, -0.2) is 29.4 Å². The molecule has 2 amide bonds. The van der Waals surface area contributed by atoms with Crippen LogP contribution in [0, 0.1) is 0 Å². The molecule has 0 atom stereocenters. The summed E-state index contributed by atoms with van der Waals surface area (Å²) in [7, 11) is 0. The summed E-state index contributed by atoms with van der Waals surface area (Å²) >= 11 is 0. The van der Waals surface area contributed by atoms with Crippen molar-refractivity contribution in [1.29, 1.82) is 0 Å². The van der Waals surface area contributed by atoms with Crippen molar-refractivity contribution in [3.05, 3.63) is 66.7 Å². The summed E-state index contributed by atoms with van der Waals surface area (Å²) in [5, 5.41) is 22.5. The lowest BCUT2D eigenvalue weighted by Crippen LogP contribution is -2.22. The molecule has 0 aliphatic heterocycles. The minimum Gasteiger partial charge on any atom is -0.478 e. The van der Waals surface area contributed by atoms with Crippen LogP contribution in [0.5, 0.6) is 0 Å². The largest absolute Gasteiger partial charge is 0.478 e. The van der Waals surface area contributed by atoms with Crippen molar-refractivity contribution in [2.45, 2.75) is 19.3 Å². The second-order valence-corrected chi connectivity index (χ2v) is 6.10. The number of hydrogen-bond acceptors (Lipinski definition) is 5. The monoisotopic (exact) mass is 394 g/mol. The summed E-state index contributed by atoms with van der Waals surface area (Å²) in [5.74, 6) is -1.32. The summed E-state index contributed by atoms with van der Waals surface area (Å²) in [4.78, 5) is 33.8. The van der Waals surface area contributed by atoms with E-state index in [1.807, 2.05) is 0 Å². The Morgan fingerprint density at radius 1 is 0.931 bits per heavy atom. The van der Waals surface area contributed by atoms with Gasteiger partial charge in [0.05, 0.1) is 16.9 Å². The Morgan fingerprint density at radius 2 is 1.52 bits per heavy atom. The molecule has 0 aromatic heterocycles. The van der Waals surface area contributed by atoms with Gasteiger partial charge in [0.15, 0.2) is 0 Å². The SMILES string of the molecule is C=CC(=O)NCCCCC(=O)Nc1ccc(N=Nc2ccc(C(=O)O)cc2)cc1. The first-order valence-electron chi connectivity index (χ1n) is 9.03. The Morgan fingerprint density at radius 3 is 2.07 bits per heavy atom. The van der Waals surface area contributed by atoms with Gasteiger partial charge in [0.1, 0.15) is 0 Å². The Bertz CT molecular complexity index is 890. The number of hydrogen-bond donors (Lipinski definition) is 3. The van der Waals surface area contributed by atoms with Crippen LogP contribution in [0.1, 0.15) is 29.6 Å². The molecule has 0 saturated carbocycles. The highest BCUT2D eigenvalue weighted by molar-refractivity contribution is 5.91. The predicted molar refractivity (Wildman–Crippen MR) is 110 cm³/mol. The number of benzene rings is 2. The maximum atomic E-state index is 11.9. The summed E-state index contributed by atoms with van der Waals surface area (Å²) in [6, 6.07) is 13.0. The van der Waals surface area contributed by atoms with Gasteiger partial charge in [-0.1, -0.05) is 6.58 Å². The van der Waals surface area contributed by atoms with Gasteiger partial charge >= 0.3 is 5.97 Å². The number of rotatable bonds is 10. The normalized spacial score (nSPS) is 10.5. The lowest BCUT2D eigenvalue weighted by molar-refractivity contribution is -0.116. The standard InChI is InChI=1S/C21H22N4O4/c1-2-19(26)22-14-4-3-5-20(27)23-16-10-12-18(13-11-16)25-24-17-8-6-15(7-9-17)21(28)29/h2,6-13H,1,3-5,14H2,(H,22,26)(H,23,27)(H,28,29). The van der Waals surface area contributed by atoms with Crippen LogP contribution in [-0.2, 0) is 9.59 Å². The van der Waals surface area contributed by atoms with E-state index in [1.54, 1.807) is 36.4 Å². The smallest absolute Gasteiger partial charge is 0.335 e. The molecule has 2 aromatic rings. The van der Waals surface area contributed by atoms with Crippen LogP contribution in [0.4, 0.5) is 17.1 Å². The van der Waals surface area contributed by atoms with Crippen LogP contribution in [0.25, 0.3) is 0 Å². The van der Waals surface area contributed by atoms with Gasteiger partial charge in [-0.05, 0) is 67.4 Å². The maximum Gasteiger partial charge on any atom is 0.335 e. The molecule has 0 aliphatic carbocycles. The quantitative estimate of drug-likeness (QED) is 0.317. The zero-order valence-corrected chi connectivity index (χ0v) is 15.8. The van der Waals surface area contributed by atoms with E-state index in [0.29, 0.717) is 42.9 Å². The second-order valence-electron chi connectivity index (χ2n) is 6.10. The molecule has 2 aromatic carbocycles. The number of carbonyl (C=O) groups is 3. The van der Waals surface area contributed by atoms with Gasteiger partial charge in [0.2, 0.25) is 11.8 Å². The van der Waals surface area contributed by atoms with E-state index < -0.39 is 5.97 Å². The van der Waals surface area contributed by atoms with E-state index in [4.69, 9.17) is 5.11 Å². The predicted octanol–water partition coefficient (Wildman–Crippen LogP) is 4.21. The fourth-order valence-corrected chi connectivity index (χ4v) is 2.32. The van der Waals surface area contributed by atoms with Gasteiger partial charge in [-0.2, -0.15) is 10.2 Å². The van der Waals surface area contributed by atoms with Crippen molar-refractivity contribution in [2.75, 3.05) is 11.9 Å². The number of amides is 2. The number of unbranched alkanes of at least 4 members (excludes halogenated alkanes) is 1. The third-order valence-electron chi connectivity index (χ3n) is 3.86. The highest BCUT2D eigenvalue weighted by Crippen LogP contribution is 2.21. The number of carbonyl (C=O) groups excluding carboxylic acids is 2. The number of nitrogens with one attached hydrogen (secondary N) is 2. The number of azo groups is 1. The second kappa shape index (κ2) is 11.1. The molecule has 8 nitrogen and oxygen atoms in total. The molecule has 150 valence electrons. The van der Waals surface area contributed by atoms with E-state index in [2.05, 4.69) is 27.4 Å². The molecule has 0 saturated heterocycles. The van der Waals surface area contributed by atoms with Crippen molar-refractivity contribution < 1.29 is 19.5 Å².